The molecule has 0 fully saturated rings. The molecule has 1 amide bonds. The monoisotopic (exact) mass is 527 g/mol. The minimum Gasteiger partial charge on any atom is -0.347 e. The van der Waals surface area contributed by atoms with E-state index in [1.54, 1.807) is 35.4 Å². The van der Waals surface area contributed by atoms with Crippen LogP contribution in [0.1, 0.15) is 28.7 Å². The molecule has 1 aliphatic rings. The van der Waals surface area contributed by atoms with E-state index in [4.69, 9.17) is 0 Å². The van der Waals surface area contributed by atoms with Gasteiger partial charge in [-0.15, -0.1) is 0 Å². The molecule has 3 aromatic heterocycles. The van der Waals surface area contributed by atoms with Gasteiger partial charge in [0.25, 0.3) is 11.5 Å². The highest BCUT2D eigenvalue weighted by molar-refractivity contribution is 8.45. The summed E-state index contributed by atoms with van der Waals surface area (Å²) >= 11 is 0. The van der Waals surface area contributed by atoms with Crippen molar-refractivity contribution in [3.63, 3.8) is 0 Å². The molecule has 1 aliphatic heterocycles. The van der Waals surface area contributed by atoms with Crippen molar-refractivity contribution in [1.82, 2.24) is 23.6 Å². The second-order valence-corrected chi connectivity index (χ2v) is 11.2. The Balaban J connectivity index is 1.51. The molecule has 0 atom stereocenters. The number of aryl methyl sites for hydroxylation is 2. The summed E-state index contributed by atoms with van der Waals surface area (Å²) in [6.45, 7) is 4.15. The summed E-state index contributed by atoms with van der Waals surface area (Å²) in [5.41, 5.74) is 1.48. The molecule has 0 saturated heterocycles. The average Bonchev–Trinajstić information content (AvgIpc) is 3.37. The molecule has 1 aromatic carbocycles. The SMILES string of the molecule is CCn1cc(CN2CCn3c(ccc(-n4cnc(C)c4)c3=O)C2=O)c2cc(S(F)(F)(F)(F)F)ccc21. The Kier molecular flexibility index (Phi) is 4.83. The molecule has 13 heteroatoms. The van der Waals surface area contributed by atoms with E-state index in [1.165, 1.54) is 27.9 Å². The summed E-state index contributed by atoms with van der Waals surface area (Å²) in [4.78, 5) is 29.8. The van der Waals surface area contributed by atoms with Gasteiger partial charge in [-0.05, 0) is 49.7 Å². The normalized spacial score (nSPS) is 16.2. The van der Waals surface area contributed by atoms with Crippen molar-refractivity contribution in [2.75, 3.05) is 6.54 Å². The number of hydrogen-bond donors (Lipinski definition) is 0. The number of nitrogens with zero attached hydrogens (tertiary/aromatic N) is 5. The maximum absolute atomic E-state index is 13.5. The third-order valence-corrected chi connectivity index (χ3v) is 7.47. The standard InChI is InChI=1S/C23H22F5N5O2S/c1-3-30-12-16(18-10-17(4-5-19(18)30)36(24,25,26,27)28)13-31-8-9-33-21(22(31)34)7-6-20(23(33)35)32-11-15(2)29-14-32/h4-7,10-12,14H,3,8-9,13H2,1-2H3. The quantitative estimate of drug-likeness (QED) is 0.316. The van der Waals surface area contributed by atoms with Crippen LogP contribution in [0.3, 0.4) is 0 Å². The second-order valence-electron chi connectivity index (χ2n) is 8.80. The van der Waals surface area contributed by atoms with Gasteiger partial charge in [0.1, 0.15) is 16.3 Å². The fourth-order valence-electron chi connectivity index (χ4n) is 4.54. The fraction of sp³-hybridized carbons (Fsp3) is 0.261. The zero-order valence-electron chi connectivity index (χ0n) is 19.3. The molecule has 4 aromatic rings. The van der Waals surface area contributed by atoms with Gasteiger partial charge < -0.3 is 18.6 Å². The zero-order chi connectivity index (χ0) is 26.1. The molecule has 0 saturated carbocycles. The van der Waals surface area contributed by atoms with E-state index in [0.717, 1.165) is 11.8 Å². The Morgan fingerprint density at radius 2 is 1.75 bits per heavy atom. The number of fused-ring (bicyclic) bond motifs is 2. The lowest BCUT2D eigenvalue weighted by molar-refractivity contribution is 0.0687. The third kappa shape index (κ3) is 4.06. The van der Waals surface area contributed by atoms with Gasteiger partial charge in [-0.2, -0.15) is 0 Å². The first-order valence-corrected chi connectivity index (χ1v) is 13.0. The molecule has 0 N–H and O–H groups in total. The Labute approximate surface area is 202 Å². The maximum atomic E-state index is 13.5. The van der Waals surface area contributed by atoms with Crippen LogP contribution in [0.25, 0.3) is 16.6 Å². The van der Waals surface area contributed by atoms with Gasteiger partial charge in [0, 0.05) is 49.5 Å². The molecule has 192 valence electrons. The summed E-state index contributed by atoms with van der Waals surface area (Å²) in [5.74, 6) is -0.479. The molecule has 7 nitrogen and oxygen atoms in total. The predicted molar refractivity (Wildman–Crippen MR) is 126 cm³/mol. The number of aromatic nitrogens is 4. The van der Waals surface area contributed by atoms with Crippen molar-refractivity contribution in [3.8, 4) is 5.69 Å². The smallest absolute Gasteiger partial charge is 0.310 e. The third-order valence-electron chi connectivity index (χ3n) is 6.33. The first-order chi connectivity index (χ1) is 16.7. The van der Waals surface area contributed by atoms with Crippen LogP contribution in [0.5, 0.6) is 0 Å². The minimum atomic E-state index is -9.88. The van der Waals surface area contributed by atoms with Gasteiger partial charge in [0.05, 0.1) is 12.0 Å². The van der Waals surface area contributed by atoms with E-state index >= 15 is 0 Å². The Morgan fingerprint density at radius 3 is 2.39 bits per heavy atom. The minimum absolute atomic E-state index is 0.00388. The van der Waals surface area contributed by atoms with E-state index in [0.29, 0.717) is 35.4 Å². The first-order valence-electron chi connectivity index (χ1n) is 11.1. The van der Waals surface area contributed by atoms with E-state index < -0.39 is 21.0 Å². The summed E-state index contributed by atoms with van der Waals surface area (Å²) in [7, 11) is -9.88. The lowest BCUT2D eigenvalue weighted by Crippen LogP contribution is -2.44. The van der Waals surface area contributed by atoms with Crippen LogP contribution in [-0.4, -0.2) is 36.0 Å². The molecule has 5 rings (SSSR count). The zero-order valence-corrected chi connectivity index (χ0v) is 20.1. The van der Waals surface area contributed by atoms with Crippen LogP contribution in [0.2, 0.25) is 0 Å². The van der Waals surface area contributed by atoms with Gasteiger partial charge in [0.2, 0.25) is 0 Å². The molecule has 36 heavy (non-hydrogen) atoms. The average molecular weight is 528 g/mol. The maximum Gasteiger partial charge on any atom is 0.310 e. The predicted octanol–water partition coefficient (Wildman–Crippen LogP) is 5.63. The van der Waals surface area contributed by atoms with Crippen LogP contribution >= 0.6 is 10.2 Å². The van der Waals surface area contributed by atoms with Crippen molar-refractivity contribution in [3.05, 3.63) is 76.4 Å². The number of amides is 1. The highest BCUT2D eigenvalue weighted by Gasteiger charge is 2.65. The molecule has 0 radical (unpaired) electrons. The molecule has 0 spiro atoms. The van der Waals surface area contributed by atoms with E-state index in [1.807, 2.05) is 0 Å². The van der Waals surface area contributed by atoms with Crippen LogP contribution in [0.15, 0.2) is 58.7 Å². The largest absolute Gasteiger partial charge is 0.347 e. The first kappa shape index (κ1) is 24.1. The molecule has 4 heterocycles. The van der Waals surface area contributed by atoms with Gasteiger partial charge in [-0.1, -0.05) is 19.4 Å². The lowest BCUT2D eigenvalue weighted by Gasteiger charge is -2.40. The van der Waals surface area contributed by atoms with Crippen molar-refractivity contribution in [1.29, 1.82) is 0 Å². The van der Waals surface area contributed by atoms with E-state index in [9.17, 15) is 29.0 Å². The van der Waals surface area contributed by atoms with Crippen LogP contribution in [-0.2, 0) is 19.6 Å². The van der Waals surface area contributed by atoms with Gasteiger partial charge in [0.15, 0.2) is 0 Å². The fourth-order valence-corrected chi connectivity index (χ4v) is 5.21. The van der Waals surface area contributed by atoms with E-state index in [2.05, 4.69) is 4.98 Å². The molecule has 0 aliphatic carbocycles. The van der Waals surface area contributed by atoms with Gasteiger partial charge in [-0.3, -0.25) is 9.59 Å². The van der Waals surface area contributed by atoms with Gasteiger partial charge in [-0.25, -0.2) is 4.98 Å². The van der Waals surface area contributed by atoms with Crippen molar-refractivity contribution >= 4 is 27.0 Å². The summed E-state index contributed by atoms with van der Waals surface area (Å²) in [6.07, 6.45) is 4.75. The molecular formula is C23H22F5N5O2S. The van der Waals surface area contributed by atoms with Gasteiger partial charge >= 0.3 is 10.2 Å². The van der Waals surface area contributed by atoms with Crippen LogP contribution in [0, 0.1) is 6.92 Å². The highest BCUT2D eigenvalue weighted by atomic mass is 32.5. The Hall–Kier alpha value is -3.61. The second kappa shape index (κ2) is 7.21. The van der Waals surface area contributed by atoms with Crippen molar-refractivity contribution in [2.24, 2.45) is 0 Å². The Bertz CT molecular complexity index is 1600. The number of imidazole rings is 1. The molecular weight excluding hydrogens is 505 g/mol. The Morgan fingerprint density at radius 1 is 1.00 bits per heavy atom. The summed E-state index contributed by atoms with van der Waals surface area (Å²) in [6, 6.07) is 4.92. The summed E-state index contributed by atoms with van der Waals surface area (Å²) < 4.78 is 71.9. The number of halogens is 5. The number of pyridine rings is 1. The number of rotatable bonds is 5. The molecule has 0 unspecified atom stereocenters. The van der Waals surface area contributed by atoms with Crippen LogP contribution in [0.4, 0.5) is 19.4 Å². The van der Waals surface area contributed by atoms with Crippen LogP contribution < -0.4 is 5.56 Å². The van der Waals surface area contributed by atoms with Crippen molar-refractivity contribution < 1.29 is 24.2 Å². The number of hydrogen-bond acceptors (Lipinski definition) is 3. The lowest BCUT2D eigenvalue weighted by atomic mass is 10.1. The summed E-state index contributed by atoms with van der Waals surface area (Å²) in [5, 5.41) is 0.00388. The van der Waals surface area contributed by atoms with E-state index in [-0.39, 0.29) is 36.3 Å². The molecule has 0 bridgehead atoms. The number of carbonyl (C=O) groups excluding carboxylic acids is 1. The number of benzene rings is 1. The number of carbonyl (C=O) groups is 1. The topological polar surface area (TPSA) is 65.1 Å². The highest BCUT2D eigenvalue weighted by Crippen LogP contribution is 3.02. The van der Waals surface area contributed by atoms with Crippen molar-refractivity contribution in [2.45, 2.75) is 38.4 Å².